The number of alkyl carbamates (subject to hydrolysis) is 1. The van der Waals surface area contributed by atoms with Crippen LogP contribution in [0.25, 0.3) is 0 Å². The average Bonchev–Trinajstić information content (AvgIpc) is 2.44. The number of carbonyl (C=O) groups excluding carboxylic acids is 2. The molecule has 0 unspecified atom stereocenters. The molecular weight excluding hydrogens is 284 g/mol. The highest BCUT2D eigenvalue weighted by molar-refractivity contribution is 5.82. The van der Waals surface area contributed by atoms with E-state index in [1.807, 2.05) is 30.3 Å². The number of carbonyl (C=O) groups is 2. The molecule has 0 heterocycles. The lowest BCUT2D eigenvalue weighted by Crippen LogP contribution is -2.39. The van der Waals surface area contributed by atoms with Gasteiger partial charge in [0.1, 0.15) is 5.60 Å². The Morgan fingerprint density at radius 2 is 1.68 bits per heavy atom. The second kappa shape index (κ2) is 8.38. The second-order valence-corrected chi connectivity index (χ2v) is 5.75. The Morgan fingerprint density at radius 1 is 1.09 bits per heavy atom. The molecule has 1 atom stereocenters. The molecule has 0 aliphatic heterocycles. The second-order valence-electron chi connectivity index (χ2n) is 5.75. The van der Waals surface area contributed by atoms with Crippen LogP contribution in [0.5, 0.6) is 0 Å². The van der Waals surface area contributed by atoms with Crippen molar-refractivity contribution in [1.82, 2.24) is 10.6 Å². The average molecular weight is 308 g/mol. The third-order valence-electron chi connectivity index (χ3n) is 2.67. The van der Waals surface area contributed by atoms with Gasteiger partial charge in [-0.3, -0.25) is 4.79 Å². The van der Waals surface area contributed by atoms with Crippen molar-refractivity contribution in [1.29, 1.82) is 0 Å². The van der Waals surface area contributed by atoms with Crippen LogP contribution in [0.15, 0.2) is 30.3 Å². The summed E-state index contributed by atoms with van der Waals surface area (Å²) in [6.45, 7) is 5.95. The van der Waals surface area contributed by atoms with Gasteiger partial charge in [-0.2, -0.15) is 0 Å². The topological polar surface area (TPSA) is 76.7 Å². The van der Waals surface area contributed by atoms with Crippen LogP contribution < -0.4 is 10.6 Å². The number of hydrogen-bond donors (Lipinski definition) is 2. The molecule has 6 nitrogen and oxygen atoms in total. The molecule has 0 aliphatic rings. The van der Waals surface area contributed by atoms with Gasteiger partial charge in [0.25, 0.3) is 5.91 Å². The Labute approximate surface area is 131 Å². The lowest BCUT2D eigenvalue weighted by Gasteiger charge is -2.20. The van der Waals surface area contributed by atoms with Gasteiger partial charge in [-0.1, -0.05) is 30.3 Å². The van der Waals surface area contributed by atoms with Crippen LogP contribution in [0.4, 0.5) is 4.79 Å². The van der Waals surface area contributed by atoms with Gasteiger partial charge < -0.3 is 20.1 Å². The molecule has 6 heteroatoms. The van der Waals surface area contributed by atoms with Gasteiger partial charge in [-0.05, 0) is 26.3 Å². The zero-order chi connectivity index (χ0) is 16.6. The Bertz CT molecular complexity index is 483. The summed E-state index contributed by atoms with van der Waals surface area (Å²) in [7, 11) is 1.48. The molecule has 0 aromatic heterocycles. The van der Waals surface area contributed by atoms with E-state index in [0.29, 0.717) is 6.54 Å². The maximum Gasteiger partial charge on any atom is 0.407 e. The van der Waals surface area contributed by atoms with Crippen LogP contribution in [0.3, 0.4) is 0 Å². The van der Waals surface area contributed by atoms with Gasteiger partial charge in [-0.15, -0.1) is 0 Å². The molecule has 0 saturated carbocycles. The minimum absolute atomic E-state index is 0.250. The lowest BCUT2D eigenvalue weighted by molar-refractivity contribution is -0.131. The van der Waals surface area contributed by atoms with Gasteiger partial charge in [0.2, 0.25) is 0 Å². The first kappa shape index (κ1) is 18.0. The van der Waals surface area contributed by atoms with Gasteiger partial charge in [-0.25, -0.2) is 4.79 Å². The van der Waals surface area contributed by atoms with E-state index in [1.54, 1.807) is 20.8 Å². The third kappa shape index (κ3) is 6.58. The predicted molar refractivity (Wildman–Crippen MR) is 83.4 cm³/mol. The molecule has 1 rings (SSSR count). The number of nitrogens with one attached hydrogen (secondary N) is 2. The van der Waals surface area contributed by atoms with E-state index in [4.69, 9.17) is 9.47 Å². The van der Waals surface area contributed by atoms with Gasteiger partial charge >= 0.3 is 6.09 Å². The molecule has 0 fully saturated rings. The summed E-state index contributed by atoms with van der Waals surface area (Å²) in [6.07, 6.45) is -1.17. The third-order valence-corrected chi connectivity index (χ3v) is 2.67. The summed E-state index contributed by atoms with van der Waals surface area (Å²) in [5, 5.41) is 5.29. The van der Waals surface area contributed by atoms with Crippen molar-refractivity contribution < 1.29 is 19.1 Å². The molecule has 0 radical (unpaired) electrons. The molecule has 0 saturated heterocycles. The fourth-order valence-corrected chi connectivity index (χ4v) is 1.78. The maximum atomic E-state index is 12.1. The fourth-order valence-electron chi connectivity index (χ4n) is 1.78. The van der Waals surface area contributed by atoms with Crippen molar-refractivity contribution in [2.75, 3.05) is 20.2 Å². The van der Waals surface area contributed by atoms with Crippen molar-refractivity contribution in [3.05, 3.63) is 35.9 Å². The van der Waals surface area contributed by atoms with Gasteiger partial charge in [0.15, 0.2) is 6.10 Å². The molecule has 2 amide bonds. The number of rotatable bonds is 6. The first-order valence-corrected chi connectivity index (χ1v) is 7.16. The smallest absolute Gasteiger partial charge is 0.407 e. The summed E-state index contributed by atoms with van der Waals surface area (Å²) in [6, 6.07) is 9.22. The molecule has 122 valence electrons. The quantitative estimate of drug-likeness (QED) is 0.788. The largest absolute Gasteiger partial charge is 0.444 e. The van der Waals surface area contributed by atoms with E-state index in [1.165, 1.54) is 7.11 Å². The molecule has 0 aliphatic carbocycles. The van der Waals surface area contributed by atoms with Gasteiger partial charge in [0.05, 0.1) is 0 Å². The molecular formula is C16H24N2O4. The van der Waals surface area contributed by atoms with E-state index in [2.05, 4.69) is 10.6 Å². The first-order valence-electron chi connectivity index (χ1n) is 7.16. The number of methoxy groups -OCH3 is 1. The Hall–Kier alpha value is -2.08. The fraction of sp³-hybridized carbons (Fsp3) is 0.500. The van der Waals surface area contributed by atoms with Crippen LogP contribution in [-0.4, -0.2) is 37.8 Å². The zero-order valence-corrected chi connectivity index (χ0v) is 13.5. The number of ether oxygens (including phenoxy) is 2. The van der Waals surface area contributed by atoms with Crippen molar-refractivity contribution >= 4 is 12.0 Å². The Kier molecular flexibility index (Phi) is 6.85. The Balaban J connectivity index is 2.35. The van der Waals surface area contributed by atoms with Gasteiger partial charge in [0, 0.05) is 20.2 Å². The highest BCUT2D eigenvalue weighted by atomic mass is 16.6. The summed E-state index contributed by atoms with van der Waals surface area (Å²) in [5.41, 5.74) is 0.240. The van der Waals surface area contributed by atoms with Crippen LogP contribution >= 0.6 is 0 Å². The van der Waals surface area contributed by atoms with Crippen molar-refractivity contribution in [3.63, 3.8) is 0 Å². The summed E-state index contributed by atoms with van der Waals surface area (Å²) in [5.74, 6) is -0.250. The van der Waals surface area contributed by atoms with Crippen molar-refractivity contribution in [2.24, 2.45) is 0 Å². The SMILES string of the molecule is CO[C@@H](C(=O)NCCNC(=O)OC(C)(C)C)c1ccccc1. The lowest BCUT2D eigenvalue weighted by atomic mass is 10.1. The summed E-state index contributed by atoms with van der Waals surface area (Å²) < 4.78 is 10.3. The highest BCUT2D eigenvalue weighted by Crippen LogP contribution is 2.15. The van der Waals surface area contributed by atoms with Crippen LogP contribution in [0, 0.1) is 0 Å². The molecule has 22 heavy (non-hydrogen) atoms. The van der Waals surface area contributed by atoms with Crippen LogP contribution in [-0.2, 0) is 14.3 Å². The summed E-state index contributed by atoms with van der Waals surface area (Å²) >= 11 is 0. The zero-order valence-electron chi connectivity index (χ0n) is 13.5. The van der Waals surface area contributed by atoms with Crippen LogP contribution in [0.2, 0.25) is 0 Å². The highest BCUT2D eigenvalue weighted by Gasteiger charge is 2.19. The first-order chi connectivity index (χ1) is 10.3. The van der Waals surface area contributed by atoms with E-state index in [9.17, 15) is 9.59 Å². The number of amides is 2. The molecule has 0 bridgehead atoms. The summed E-state index contributed by atoms with van der Waals surface area (Å²) in [4.78, 5) is 23.5. The van der Waals surface area contributed by atoms with E-state index in [0.717, 1.165) is 5.56 Å². The molecule has 2 N–H and O–H groups in total. The van der Waals surface area contributed by atoms with E-state index in [-0.39, 0.29) is 12.5 Å². The Morgan fingerprint density at radius 3 is 2.23 bits per heavy atom. The van der Waals surface area contributed by atoms with E-state index >= 15 is 0 Å². The monoisotopic (exact) mass is 308 g/mol. The molecule has 0 spiro atoms. The predicted octanol–water partition coefficient (Wildman–Crippen LogP) is 2.01. The van der Waals surface area contributed by atoms with Crippen LogP contribution in [0.1, 0.15) is 32.4 Å². The maximum absolute atomic E-state index is 12.1. The minimum atomic E-state index is -0.664. The van der Waals surface area contributed by atoms with E-state index < -0.39 is 17.8 Å². The number of hydrogen-bond acceptors (Lipinski definition) is 4. The van der Waals surface area contributed by atoms with Crippen molar-refractivity contribution in [2.45, 2.75) is 32.5 Å². The standard InChI is InChI=1S/C16H24N2O4/c1-16(2,3)22-15(20)18-11-10-17-14(19)13(21-4)12-8-6-5-7-9-12/h5-9,13H,10-11H2,1-4H3,(H,17,19)(H,18,20)/t13-/m1/s1. The normalized spacial score (nSPS) is 12.4. The van der Waals surface area contributed by atoms with Crippen molar-refractivity contribution in [3.8, 4) is 0 Å². The minimum Gasteiger partial charge on any atom is -0.444 e. The molecule has 1 aromatic carbocycles. The number of benzene rings is 1. The molecule has 1 aromatic rings.